The highest BCUT2D eigenvalue weighted by Gasteiger charge is 2.37. The quantitative estimate of drug-likeness (QED) is 0.804. The average Bonchev–Trinajstić information content (AvgIpc) is 2.14. The van der Waals surface area contributed by atoms with Crippen LogP contribution in [0.25, 0.3) is 0 Å². The number of nitrogens with zero attached hydrogens (tertiary/aromatic N) is 1. The first-order valence-corrected chi connectivity index (χ1v) is 4.85. The lowest BCUT2D eigenvalue weighted by atomic mass is 9.77. The molecule has 0 atom stereocenters. The van der Waals surface area contributed by atoms with Gasteiger partial charge in [-0.15, -0.1) is 0 Å². The monoisotopic (exact) mass is 214 g/mol. The molecular weight excluding hydrogens is 202 g/mol. The predicted octanol–water partition coefficient (Wildman–Crippen LogP) is 1.69. The van der Waals surface area contributed by atoms with Crippen LogP contribution in [0, 0.1) is 11.6 Å². The molecule has 1 aliphatic carbocycles. The van der Waals surface area contributed by atoms with Gasteiger partial charge in [-0.3, -0.25) is 0 Å². The minimum absolute atomic E-state index is 0.00477. The number of halogens is 2. The molecule has 1 fully saturated rings. The summed E-state index contributed by atoms with van der Waals surface area (Å²) in [4.78, 5) is 3.62. The number of aliphatic hydroxyl groups is 1. The first-order valence-electron chi connectivity index (χ1n) is 4.85. The Morgan fingerprint density at radius 2 is 2.20 bits per heavy atom. The fourth-order valence-corrected chi connectivity index (χ4v) is 1.68. The van der Waals surface area contributed by atoms with E-state index in [9.17, 15) is 8.78 Å². The van der Waals surface area contributed by atoms with Crippen molar-refractivity contribution in [3.63, 3.8) is 0 Å². The smallest absolute Gasteiger partial charge is 0.168 e. The van der Waals surface area contributed by atoms with Crippen molar-refractivity contribution in [3.05, 3.63) is 23.9 Å². The third-order valence-corrected chi connectivity index (χ3v) is 2.80. The van der Waals surface area contributed by atoms with Gasteiger partial charge in [0, 0.05) is 6.07 Å². The largest absolute Gasteiger partial charge is 0.394 e. The zero-order chi connectivity index (χ0) is 10.9. The standard InChI is InChI=1S/C10H12F2N2O/c11-7-4-8(12)9(13-5-7)14-10(6-15)2-1-3-10/h4-5,15H,1-3,6H2,(H,13,14). The molecule has 0 aliphatic heterocycles. The third-order valence-electron chi connectivity index (χ3n) is 2.80. The van der Waals surface area contributed by atoms with Crippen LogP contribution in [-0.4, -0.2) is 22.2 Å². The van der Waals surface area contributed by atoms with Crippen molar-refractivity contribution in [2.45, 2.75) is 24.8 Å². The van der Waals surface area contributed by atoms with Crippen LogP contribution in [0.15, 0.2) is 12.3 Å². The van der Waals surface area contributed by atoms with Gasteiger partial charge in [0.05, 0.1) is 18.3 Å². The molecule has 0 aromatic carbocycles. The molecule has 0 spiro atoms. The van der Waals surface area contributed by atoms with Crippen LogP contribution in [0.2, 0.25) is 0 Å². The van der Waals surface area contributed by atoms with Gasteiger partial charge in [-0.1, -0.05) is 0 Å². The molecule has 5 heteroatoms. The van der Waals surface area contributed by atoms with E-state index in [1.165, 1.54) is 0 Å². The second-order valence-electron chi connectivity index (χ2n) is 3.90. The lowest BCUT2D eigenvalue weighted by molar-refractivity contribution is 0.143. The molecule has 0 bridgehead atoms. The van der Waals surface area contributed by atoms with Crippen molar-refractivity contribution in [3.8, 4) is 0 Å². The maximum Gasteiger partial charge on any atom is 0.168 e. The van der Waals surface area contributed by atoms with Crippen molar-refractivity contribution < 1.29 is 13.9 Å². The number of nitrogens with one attached hydrogen (secondary N) is 1. The van der Waals surface area contributed by atoms with Crippen LogP contribution >= 0.6 is 0 Å². The number of aromatic nitrogens is 1. The van der Waals surface area contributed by atoms with E-state index in [0.717, 1.165) is 31.5 Å². The van der Waals surface area contributed by atoms with Gasteiger partial charge in [-0.2, -0.15) is 0 Å². The van der Waals surface area contributed by atoms with Gasteiger partial charge >= 0.3 is 0 Å². The van der Waals surface area contributed by atoms with Gasteiger partial charge < -0.3 is 10.4 Å². The molecule has 2 N–H and O–H groups in total. The maximum absolute atomic E-state index is 13.2. The van der Waals surface area contributed by atoms with Crippen molar-refractivity contribution in [1.82, 2.24) is 4.98 Å². The highest BCUT2D eigenvalue weighted by atomic mass is 19.1. The summed E-state index contributed by atoms with van der Waals surface area (Å²) in [5.41, 5.74) is -0.467. The minimum Gasteiger partial charge on any atom is -0.394 e. The van der Waals surface area contributed by atoms with E-state index in [1.54, 1.807) is 0 Å². The van der Waals surface area contributed by atoms with Gasteiger partial charge in [-0.05, 0) is 19.3 Å². The lowest BCUT2D eigenvalue weighted by Gasteiger charge is -2.41. The maximum atomic E-state index is 13.2. The number of rotatable bonds is 3. The van der Waals surface area contributed by atoms with Crippen LogP contribution in [0.5, 0.6) is 0 Å². The van der Waals surface area contributed by atoms with Crippen molar-refractivity contribution in [2.75, 3.05) is 11.9 Å². The second-order valence-corrected chi connectivity index (χ2v) is 3.90. The van der Waals surface area contributed by atoms with E-state index in [1.807, 2.05) is 0 Å². The zero-order valence-corrected chi connectivity index (χ0v) is 8.13. The molecule has 3 nitrogen and oxygen atoms in total. The second kappa shape index (κ2) is 3.73. The summed E-state index contributed by atoms with van der Waals surface area (Å²) in [5, 5.41) is 12.0. The molecule has 0 unspecified atom stereocenters. The Morgan fingerprint density at radius 3 is 2.67 bits per heavy atom. The fourth-order valence-electron chi connectivity index (χ4n) is 1.68. The van der Waals surface area contributed by atoms with E-state index < -0.39 is 17.2 Å². The minimum atomic E-state index is -0.727. The van der Waals surface area contributed by atoms with Crippen LogP contribution in [0.3, 0.4) is 0 Å². The summed E-state index contributed by atoms with van der Waals surface area (Å²) >= 11 is 0. The summed E-state index contributed by atoms with van der Waals surface area (Å²) in [6.45, 7) is -0.0640. The van der Waals surface area contributed by atoms with Crippen LogP contribution in [-0.2, 0) is 0 Å². The highest BCUT2D eigenvalue weighted by molar-refractivity contribution is 5.40. The summed E-state index contributed by atoms with van der Waals surface area (Å²) in [7, 11) is 0. The molecule has 1 aliphatic rings. The summed E-state index contributed by atoms with van der Waals surface area (Å²) < 4.78 is 25.8. The first kappa shape index (κ1) is 10.3. The fraction of sp³-hybridized carbons (Fsp3) is 0.500. The number of pyridine rings is 1. The third kappa shape index (κ3) is 1.92. The zero-order valence-electron chi connectivity index (χ0n) is 8.13. The Morgan fingerprint density at radius 1 is 1.47 bits per heavy atom. The van der Waals surface area contributed by atoms with Crippen LogP contribution in [0.4, 0.5) is 14.6 Å². The summed E-state index contributed by atoms with van der Waals surface area (Å²) in [5.74, 6) is -1.43. The first-order chi connectivity index (χ1) is 7.15. The highest BCUT2D eigenvalue weighted by Crippen LogP contribution is 2.34. The van der Waals surface area contributed by atoms with Gasteiger partial charge in [0.1, 0.15) is 5.82 Å². The van der Waals surface area contributed by atoms with E-state index >= 15 is 0 Å². The number of aliphatic hydroxyl groups excluding tert-OH is 1. The molecule has 0 amide bonds. The van der Waals surface area contributed by atoms with E-state index in [4.69, 9.17) is 5.11 Å². The van der Waals surface area contributed by atoms with E-state index in [-0.39, 0.29) is 12.4 Å². The Bertz CT molecular complexity index is 361. The van der Waals surface area contributed by atoms with Crippen LogP contribution < -0.4 is 5.32 Å². The molecule has 1 saturated carbocycles. The van der Waals surface area contributed by atoms with Gasteiger partial charge in [0.15, 0.2) is 11.6 Å². The Labute approximate surface area is 86.1 Å². The molecule has 82 valence electrons. The Balaban J connectivity index is 2.16. The topological polar surface area (TPSA) is 45.1 Å². The van der Waals surface area contributed by atoms with Crippen LogP contribution in [0.1, 0.15) is 19.3 Å². The van der Waals surface area contributed by atoms with Crippen molar-refractivity contribution in [1.29, 1.82) is 0 Å². The van der Waals surface area contributed by atoms with Gasteiger partial charge in [-0.25, -0.2) is 13.8 Å². The molecule has 0 saturated heterocycles. The number of hydrogen-bond donors (Lipinski definition) is 2. The van der Waals surface area contributed by atoms with E-state index in [2.05, 4.69) is 10.3 Å². The molecule has 15 heavy (non-hydrogen) atoms. The number of anilines is 1. The average molecular weight is 214 g/mol. The lowest BCUT2D eigenvalue weighted by Crippen LogP contribution is -2.48. The van der Waals surface area contributed by atoms with Crippen molar-refractivity contribution in [2.24, 2.45) is 0 Å². The van der Waals surface area contributed by atoms with Gasteiger partial charge in [0.2, 0.25) is 0 Å². The van der Waals surface area contributed by atoms with Gasteiger partial charge in [0.25, 0.3) is 0 Å². The molecule has 0 radical (unpaired) electrons. The molecule has 1 heterocycles. The molecular formula is C10H12F2N2O. The Hall–Kier alpha value is -1.23. The molecule has 1 aromatic rings. The predicted molar refractivity (Wildman–Crippen MR) is 51.4 cm³/mol. The Kier molecular flexibility index (Phi) is 2.56. The van der Waals surface area contributed by atoms with E-state index in [0.29, 0.717) is 0 Å². The summed E-state index contributed by atoms with van der Waals surface area (Å²) in [6.07, 6.45) is 3.51. The number of hydrogen-bond acceptors (Lipinski definition) is 3. The SMILES string of the molecule is OCC1(Nc2ncc(F)cc2F)CCC1. The summed E-state index contributed by atoms with van der Waals surface area (Å²) in [6, 6.07) is 0.777. The molecule has 1 aromatic heterocycles. The van der Waals surface area contributed by atoms with Crippen molar-refractivity contribution >= 4 is 5.82 Å². The molecule has 2 rings (SSSR count). The normalized spacial score (nSPS) is 18.3.